The molecule has 0 fully saturated rings. The minimum atomic E-state index is 0.0895. The van der Waals surface area contributed by atoms with Crippen LogP contribution in [0, 0.1) is 0 Å². The molecule has 0 aliphatic carbocycles. The summed E-state index contributed by atoms with van der Waals surface area (Å²) in [6.07, 6.45) is 4.64. The summed E-state index contributed by atoms with van der Waals surface area (Å²) < 4.78 is 0. The summed E-state index contributed by atoms with van der Waals surface area (Å²) in [5, 5.41) is 3.35. The van der Waals surface area contributed by atoms with Gasteiger partial charge in [0.15, 0.2) is 0 Å². The van der Waals surface area contributed by atoms with Crippen LogP contribution in [0.15, 0.2) is 30.0 Å². The maximum Gasteiger partial charge on any atom is 0.126 e. The number of hydrogen-bond acceptors (Lipinski definition) is 3. The van der Waals surface area contributed by atoms with Crippen LogP contribution in [-0.4, -0.2) is 23.5 Å². The highest BCUT2D eigenvalue weighted by molar-refractivity contribution is 6.22. The first-order chi connectivity index (χ1) is 7.25. The van der Waals surface area contributed by atoms with Crippen LogP contribution in [0.25, 0.3) is 0 Å². The predicted octanol–water partition coefficient (Wildman–Crippen LogP) is 1.34. The van der Waals surface area contributed by atoms with Crippen molar-refractivity contribution in [2.75, 3.05) is 18.8 Å². The third-order valence-corrected chi connectivity index (χ3v) is 2.73. The molecular formula is C11H14ClN3. The predicted molar refractivity (Wildman–Crippen MR) is 62.9 cm³/mol. The number of nitrogen functional groups attached to an aromatic ring is 1. The van der Waals surface area contributed by atoms with Crippen LogP contribution in [0.4, 0.5) is 5.82 Å². The quantitative estimate of drug-likeness (QED) is 0.588. The average molecular weight is 224 g/mol. The van der Waals surface area contributed by atoms with E-state index < -0.39 is 0 Å². The maximum atomic E-state index is 6.03. The van der Waals surface area contributed by atoms with Gasteiger partial charge >= 0.3 is 0 Å². The van der Waals surface area contributed by atoms with Crippen LogP contribution in [0.1, 0.15) is 5.56 Å². The molecule has 3 N–H and O–H groups in total. The van der Waals surface area contributed by atoms with Gasteiger partial charge in [0.2, 0.25) is 0 Å². The molecule has 1 unspecified atom stereocenters. The van der Waals surface area contributed by atoms with Gasteiger partial charge in [-0.15, -0.1) is 11.6 Å². The number of anilines is 1. The number of nitrogens with one attached hydrogen (secondary N) is 1. The van der Waals surface area contributed by atoms with Crippen molar-refractivity contribution in [1.29, 1.82) is 0 Å². The zero-order chi connectivity index (χ0) is 10.7. The normalized spacial score (nSPS) is 21.1. The zero-order valence-electron chi connectivity index (χ0n) is 8.41. The fourth-order valence-electron chi connectivity index (χ4n) is 1.71. The largest absolute Gasteiger partial charge is 0.383 e. The van der Waals surface area contributed by atoms with Gasteiger partial charge in [0.1, 0.15) is 5.82 Å². The Balaban J connectivity index is 2.12. The van der Waals surface area contributed by atoms with E-state index in [1.807, 2.05) is 12.1 Å². The number of halogens is 1. The van der Waals surface area contributed by atoms with E-state index in [-0.39, 0.29) is 5.38 Å². The van der Waals surface area contributed by atoms with Gasteiger partial charge in [-0.1, -0.05) is 17.7 Å². The Morgan fingerprint density at radius 3 is 3.20 bits per heavy atom. The van der Waals surface area contributed by atoms with Crippen molar-refractivity contribution in [2.45, 2.75) is 11.8 Å². The molecule has 1 aliphatic heterocycles. The first-order valence-electron chi connectivity index (χ1n) is 4.99. The number of pyridine rings is 1. The van der Waals surface area contributed by atoms with Gasteiger partial charge in [-0.05, 0) is 18.1 Å². The van der Waals surface area contributed by atoms with Crippen LogP contribution in [-0.2, 0) is 6.42 Å². The number of nitrogens with two attached hydrogens (primary N) is 1. The van der Waals surface area contributed by atoms with E-state index in [1.165, 1.54) is 5.57 Å². The summed E-state index contributed by atoms with van der Waals surface area (Å²) in [4.78, 5) is 4.06. The second kappa shape index (κ2) is 4.64. The molecule has 1 atom stereocenters. The van der Waals surface area contributed by atoms with E-state index in [1.54, 1.807) is 6.20 Å². The number of rotatable bonds is 2. The molecule has 80 valence electrons. The third-order valence-electron chi connectivity index (χ3n) is 2.45. The van der Waals surface area contributed by atoms with Gasteiger partial charge in [0.05, 0.1) is 5.38 Å². The molecule has 1 aromatic heterocycles. The van der Waals surface area contributed by atoms with Crippen LogP contribution in [0.3, 0.4) is 0 Å². The molecule has 2 heterocycles. The minimum absolute atomic E-state index is 0.0895. The number of aromatic nitrogens is 1. The Morgan fingerprint density at radius 2 is 2.47 bits per heavy atom. The van der Waals surface area contributed by atoms with Crippen molar-refractivity contribution >= 4 is 17.4 Å². The molecule has 2 rings (SSSR count). The Hall–Kier alpha value is -1.06. The lowest BCUT2D eigenvalue weighted by Crippen LogP contribution is -2.30. The Bertz CT molecular complexity index is 376. The molecule has 0 spiro atoms. The summed E-state index contributed by atoms with van der Waals surface area (Å²) in [6.45, 7) is 1.73. The fraction of sp³-hybridized carbons (Fsp3) is 0.364. The van der Waals surface area contributed by atoms with E-state index in [4.69, 9.17) is 17.3 Å². The van der Waals surface area contributed by atoms with Crippen LogP contribution in [0.5, 0.6) is 0 Å². The summed E-state index contributed by atoms with van der Waals surface area (Å²) in [7, 11) is 0. The summed E-state index contributed by atoms with van der Waals surface area (Å²) in [5.41, 5.74) is 8.13. The molecule has 0 aromatic carbocycles. The van der Waals surface area contributed by atoms with E-state index in [9.17, 15) is 0 Å². The number of alkyl halides is 1. The number of nitrogens with zero attached hydrogens (tertiary/aromatic N) is 1. The summed E-state index contributed by atoms with van der Waals surface area (Å²) in [5.74, 6) is 0.607. The Labute approximate surface area is 94.3 Å². The molecule has 1 aliphatic rings. The first-order valence-corrected chi connectivity index (χ1v) is 5.43. The highest BCUT2D eigenvalue weighted by Crippen LogP contribution is 2.16. The van der Waals surface area contributed by atoms with Crippen molar-refractivity contribution in [3.8, 4) is 0 Å². The van der Waals surface area contributed by atoms with E-state index in [2.05, 4.69) is 16.4 Å². The molecular weight excluding hydrogens is 210 g/mol. The average Bonchev–Trinajstić information content (AvgIpc) is 2.22. The van der Waals surface area contributed by atoms with Crippen molar-refractivity contribution in [2.24, 2.45) is 0 Å². The fourth-order valence-corrected chi connectivity index (χ4v) is 2.00. The van der Waals surface area contributed by atoms with Crippen molar-refractivity contribution in [3.63, 3.8) is 0 Å². The lowest BCUT2D eigenvalue weighted by Gasteiger charge is -2.18. The van der Waals surface area contributed by atoms with Gasteiger partial charge in [0, 0.05) is 19.3 Å². The molecule has 0 saturated heterocycles. The van der Waals surface area contributed by atoms with Crippen LogP contribution < -0.4 is 11.1 Å². The number of hydrogen-bond donors (Lipinski definition) is 2. The van der Waals surface area contributed by atoms with Gasteiger partial charge in [-0.3, -0.25) is 0 Å². The summed E-state index contributed by atoms with van der Waals surface area (Å²) in [6, 6.07) is 3.90. The molecule has 15 heavy (non-hydrogen) atoms. The van der Waals surface area contributed by atoms with Crippen LogP contribution in [0.2, 0.25) is 0 Å². The highest BCUT2D eigenvalue weighted by atomic mass is 35.5. The lowest BCUT2D eigenvalue weighted by atomic mass is 10.0. The topological polar surface area (TPSA) is 50.9 Å². The standard InChI is InChI=1S/C11H14ClN3/c12-10-5-8(6-14-7-10)4-9-2-1-3-15-11(9)13/h1-3,5,10,14H,4,6-7H2,(H2,13,15). The molecule has 0 amide bonds. The maximum absolute atomic E-state index is 6.03. The van der Waals surface area contributed by atoms with E-state index in [0.717, 1.165) is 25.1 Å². The lowest BCUT2D eigenvalue weighted by molar-refractivity contribution is 0.695. The van der Waals surface area contributed by atoms with Gasteiger partial charge < -0.3 is 11.1 Å². The van der Waals surface area contributed by atoms with Gasteiger partial charge in [0.25, 0.3) is 0 Å². The van der Waals surface area contributed by atoms with Crippen molar-refractivity contribution in [1.82, 2.24) is 10.3 Å². The third kappa shape index (κ3) is 2.70. The van der Waals surface area contributed by atoms with Gasteiger partial charge in [-0.25, -0.2) is 4.98 Å². The molecule has 0 radical (unpaired) electrons. The van der Waals surface area contributed by atoms with Gasteiger partial charge in [-0.2, -0.15) is 0 Å². The van der Waals surface area contributed by atoms with Crippen molar-refractivity contribution in [3.05, 3.63) is 35.5 Å². The Morgan fingerprint density at radius 1 is 1.60 bits per heavy atom. The molecule has 0 saturated carbocycles. The zero-order valence-corrected chi connectivity index (χ0v) is 9.17. The highest BCUT2D eigenvalue weighted by Gasteiger charge is 2.11. The molecule has 4 heteroatoms. The SMILES string of the molecule is Nc1ncccc1CC1=CC(Cl)CNC1. The second-order valence-electron chi connectivity index (χ2n) is 3.70. The molecule has 0 bridgehead atoms. The van der Waals surface area contributed by atoms with Crippen LogP contribution >= 0.6 is 11.6 Å². The Kier molecular flexibility index (Phi) is 3.23. The first kappa shape index (κ1) is 10.5. The molecule has 1 aromatic rings. The summed E-state index contributed by atoms with van der Waals surface area (Å²) >= 11 is 6.03. The molecule has 3 nitrogen and oxygen atoms in total. The smallest absolute Gasteiger partial charge is 0.126 e. The van der Waals surface area contributed by atoms with Crippen molar-refractivity contribution < 1.29 is 0 Å². The second-order valence-corrected chi connectivity index (χ2v) is 4.26. The minimum Gasteiger partial charge on any atom is -0.383 e. The van der Waals surface area contributed by atoms with E-state index in [0.29, 0.717) is 5.82 Å². The monoisotopic (exact) mass is 223 g/mol. The van der Waals surface area contributed by atoms with E-state index >= 15 is 0 Å².